The number of nitrogens with one attached hydrogen (secondary N) is 1. The minimum atomic E-state index is -0.567. The van der Waals surface area contributed by atoms with Gasteiger partial charge in [0.1, 0.15) is 5.69 Å². The third-order valence-electron chi connectivity index (χ3n) is 3.49. The van der Waals surface area contributed by atoms with Gasteiger partial charge in [-0.25, -0.2) is 0 Å². The molecule has 8 heteroatoms. The molecule has 7 nitrogen and oxygen atoms in total. The van der Waals surface area contributed by atoms with Gasteiger partial charge in [0.2, 0.25) is 5.69 Å². The maximum absolute atomic E-state index is 12.4. The van der Waals surface area contributed by atoms with Crippen LogP contribution in [-0.4, -0.2) is 32.4 Å². The van der Waals surface area contributed by atoms with Gasteiger partial charge in [0.25, 0.3) is 5.91 Å². The summed E-state index contributed by atoms with van der Waals surface area (Å²) in [6.07, 6.45) is 0. The lowest BCUT2D eigenvalue weighted by atomic mass is 10.2. The van der Waals surface area contributed by atoms with E-state index in [-0.39, 0.29) is 23.1 Å². The van der Waals surface area contributed by atoms with E-state index >= 15 is 0 Å². The van der Waals surface area contributed by atoms with Gasteiger partial charge in [-0.2, -0.15) is 5.10 Å². The molecule has 1 aromatic carbocycles. The molecule has 0 saturated carbocycles. The summed E-state index contributed by atoms with van der Waals surface area (Å²) < 4.78 is 1.25. The van der Waals surface area contributed by atoms with Crippen molar-refractivity contribution in [2.45, 2.75) is 31.7 Å². The Morgan fingerprint density at radius 2 is 2.00 bits per heavy atom. The minimum absolute atomic E-state index is 0.0234. The molecular formula is C16H20N4O3S. The summed E-state index contributed by atoms with van der Waals surface area (Å²) in [6.45, 7) is 5.42. The lowest BCUT2D eigenvalue weighted by Gasteiger charge is -2.13. The Balaban J connectivity index is 2.01. The van der Waals surface area contributed by atoms with E-state index in [1.165, 1.54) is 24.2 Å². The van der Waals surface area contributed by atoms with Gasteiger partial charge in [-0.15, -0.1) is 11.8 Å². The molecule has 0 bridgehead atoms. The molecule has 0 aliphatic heterocycles. The number of aromatic nitrogens is 2. The second-order valence-electron chi connectivity index (χ2n) is 5.66. The molecule has 0 fully saturated rings. The molecule has 1 aromatic heterocycles. The molecule has 0 saturated heterocycles. The number of carbonyl (C=O) groups excluding carboxylic acids is 1. The van der Waals surface area contributed by atoms with E-state index in [1.54, 1.807) is 11.8 Å². The first-order chi connectivity index (χ1) is 11.3. The zero-order valence-corrected chi connectivity index (χ0v) is 14.9. The molecule has 0 aliphatic rings. The molecule has 24 heavy (non-hydrogen) atoms. The van der Waals surface area contributed by atoms with Gasteiger partial charge in [-0.05, 0) is 32.9 Å². The normalized spacial score (nSPS) is 12.0. The standard InChI is InChI=1S/C16H20N4O3S/c1-10-5-7-13(8-6-10)24-9-11(2)17-16(21)15-14(20(22)23)12(3)18-19(15)4/h5-8,11H,9H2,1-4H3,(H,17,21)/t11-/m0/s1. The summed E-state index contributed by atoms with van der Waals surface area (Å²) in [6, 6.07) is 7.99. The lowest BCUT2D eigenvalue weighted by molar-refractivity contribution is -0.385. The van der Waals surface area contributed by atoms with E-state index in [1.807, 2.05) is 38.1 Å². The highest BCUT2D eigenvalue weighted by Crippen LogP contribution is 2.23. The van der Waals surface area contributed by atoms with Crippen molar-refractivity contribution in [3.05, 3.63) is 51.3 Å². The summed E-state index contributed by atoms with van der Waals surface area (Å²) in [7, 11) is 1.53. The number of rotatable bonds is 6. The van der Waals surface area contributed by atoms with Crippen molar-refractivity contribution < 1.29 is 9.72 Å². The number of thioether (sulfide) groups is 1. The maximum Gasteiger partial charge on any atom is 0.322 e. The fraction of sp³-hybridized carbons (Fsp3) is 0.375. The second kappa shape index (κ2) is 7.48. The van der Waals surface area contributed by atoms with E-state index < -0.39 is 10.8 Å². The van der Waals surface area contributed by atoms with Crippen molar-refractivity contribution >= 4 is 23.4 Å². The highest BCUT2D eigenvalue weighted by Gasteiger charge is 2.29. The van der Waals surface area contributed by atoms with Crippen LogP contribution in [-0.2, 0) is 7.05 Å². The molecule has 1 N–H and O–H groups in total. The maximum atomic E-state index is 12.4. The van der Waals surface area contributed by atoms with Crippen LogP contribution in [0.15, 0.2) is 29.2 Å². The zero-order valence-electron chi connectivity index (χ0n) is 14.1. The highest BCUT2D eigenvalue weighted by atomic mass is 32.2. The molecule has 1 atom stereocenters. The Morgan fingerprint density at radius 1 is 1.38 bits per heavy atom. The summed E-state index contributed by atoms with van der Waals surface area (Å²) in [5.74, 6) is 0.182. The summed E-state index contributed by atoms with van der Waals surface area (Å²) in [5.41, 5.74) is 1.16. The smallest absolute Gasteiger partial charge is 0.322 e. The summed E-state index contributed by atoms with van der Waals surface area (Å²) in [4.78, 5) is 24.1. The third-order valence-corrected chi connectivity index (χ3v) is 4.76. The first kappa shape index (κ1) is 18.0. The first-order valence-corrected chi connectivity index (χ1v) is 8.46. The number of hydrogen-bond donors (Lipinski definition) is 1. The van der Waals surface area contributed by atoms with Crippen LogP contribution in [0, 0.1) is 24.0 Å². The van der Waals surface area contributed by atoms with Gasteiger partial charge in [0, 0.05) is 23.7 Å². The lowest BCUT2D eigenvalue weighted by Crippen LogP contribution is -2.35. The molecule has 0 radical (unpaired) electrons. The van der Waals surface area contributed by atoms with Crippen molar-refractivity contribution in [2.75, 3.05) is 5.75 Å². The van der Waals surface area contributed by atoms with Crippen molar-refractivity contribution in [3.63, 3.8) is 0 Å². The molecule has 0 aliphatic carbocycles. The van der Waals surface area contributed by atoms with Crippen molar-refractivity contribution in [1.82, 2.24) is 15.1 Å². The number of nitrogens with zero attached hydrogens (tertiary/aromatic N) is 3. The zero-order chi connectivity index (χ0) is 17.9. The second-order valence-corrected chi connectivity index (χ2v) is 6.76. The monoisotopic (exact) mass is 348 g/mol. The molecular weight excluding hydrogens is 328 g/mol. The topological polar surface area (TPSA) is 90.1 Å². The van der Waals surface area contributed by atoms with E-state index in [0.29, 0.717) is 5.75 Å². The number of hydrogen-bond acceptors (Lipinski definition) is 5. The van der Waals surface area contributed by atoms with Crippen LogP contribution in [0.2, 0.25) is 0 Å². The summed E-state index contributed by atoms with van der Waals surface area (Å²) in [5, 5.41) is 17.9. The number of carbonyl (C=O) groups is 1. The van der Waals surface area contributed by atoms with Crippen molar-refractivity contribution in [2.24, 2.45) is 7.05 Å². The molecule has 2 rings (SSSR count). The Morgan fingerprint density at radius 3 is 2.58 bits per heavy atom. The Kier molecular flexibility index (Phi) is 5.61. The minimum Gasteiger partial charge on any atom is -0.347 e. The SMILES string of the molecule is Cc1ccc(SC[C@H](C)NC(=O)c2c([N+](=O)[O-])c(C)nn2C)cc1. The van der Waals surface area contributed by atoms with E-state index in [9.17, 15) is 14.9 Å². The van der Waals surface area contributed by atoms with Crippen LogP contribution in [0.5, 0.6) is 0 Å². The van der Waals surface area contributed by atoms with Gasteiger partial charge in [0.05, 0.1) is 4.92 Å². The van der Waals surface area contributed by atoms with Crippen LogP contribution in [0.4, 0.5) is 5.69 Å². The van der Waals surface area contributed by atoms with Crippen molar-refractivity contribution in [1.29, 1.82) is 0 Å². The molecule has 2 aromatic rings. The Hall–Kier alpha value is -2.35. The number of benzene rings is 1. The van der Waals surface area contributed by atoms with Crippen LogP contribution in [0.25, 0.3) is 0 Å². The molecule has 1 heterocycles. The van der Waals surface area contributed by atoms with Crippen LogP contribution >= 0.6 is 11.8 Å². The van der Waals surface area contributed by atoms with Gasteiger partial charge in [-0.1, -0.05) is 17.7 Å². The predicted octanol–water partition coefficient (Wildman–Crippen LogP) is 2.86. The Labute approximate surface area is 144 Å². The molecule has 0 unspecified atom stereocenters. The average Bonchev–Trinajstić information content (AvgIpc) is 2.81. The highest BCUT2D eigenvalue weighted by molar-refractivity contribution is 7.99. The van der Waals surface area contributed by atoms with E-state index in [4.69, 9.17) is 0 Å². The quantitative estimate of drug-likeness (QED) is 0.492. The largest absolute Gasteiger partial charge is 0.347 e. The predicted molar refractivity (Wildman–Crippen MR) is 93.4 cm³/mol. The first-order valence-electron chi connectivity index (χ1n) is 7.48. The fourth-order valence-electron chi connectivity index (χ4n) is 2.31. The van der Waals surface area contributed by atoms with Gasteiger partial charge < -0.3 is 5.32 Å². The average molecular weight is 348 g/mol. The summed E-state index contributed by atoms with van der Waals surface area (Å²) >= 11 is 1.62. The van der Waals surface area contributed by atoms with Crippen LogP contribution in [0.3, 0.4) is 0 Å². The van der Waals surface area contributed by atoms with Gasteiger partial charge in [-0.3, -0.25) is 19.6 Å². The van der Waals surface area contributed by atoms with Crippen molar-refractivity contribution in [3.8, 4) is 0 Å². The fourth-order valence-corrected chi connectivity index (χ4v) is 3.16. The van der Waals surface area contributed by atoms with Gasteiger partial charge >= 0.3 is 5.69 Å². The number of aryl methyl sites for hydroxylation is 3. The Bertz CT molecular complexity index is 755. The van der Waals surface area contributed by atoms with E-state index in [2.05, 4.69) is 10.4 Å². The molecule has 128 valence electrons. The number of nitro groups is 1. The number of amides is 1. The molecule has 1 amide bonds. The molecule has 0 spiro atoms. The van der Waals surface area contributed by atoms with Crippen LogP contribution < -0.4 is 5.32 Å². The van der Waals surface area contributed by atoms with Gasteiger partial charge in [0.15, 0.2) is 0 Å². The van der Waals surface area contributed by atoms with E-state index in [0.717, 1.165) is 4.90 Å². The third kappa shape index (κ3) is 4.14. The van der Waals surface area contributed by atoms with Crippen LogP contribution in [0.1, 0.15) is 28.7 Å².